The molecule has 2 aromatic rings. The number of cyclic esters (lactones) is 1. The molecule has 4 nitrogen and oxygen atoms in total. The van der Waals surface area contributed by atoms with Gasteiger partial charge >= 0.3 is 6.09 Å². The molecule has 0 spiro atoms. The van der Waals surface area contributed by atoms with E-state index in [1.165, 1.54) is 0 Å². The van der Waals surface area contributed by atoms with Crippen molar-refractivity contribution in [1.29, 1.82) is 0 Å². The molecule has 2 atom stereocenters. The van der Waals surface area contributed by atoms with Crippen molar-refractivity contribution in [3.8, 4) is 0 Å². The number of carbonyl (C=O) groups excluding carboxylic acids is 1. The molecule has 0 unspecified atom stereocenters. The maximum absolute atomic E-state index is 11.3. The molecule has 2 N–H and O–H groups in total. The van der Waals surface area contributed by atoms with E-state index in [9.17, 15) is 4.79 Å². The first-order chi connectivity index (χ1) is 10.2. The number of nitrogens with one attached hydrogen (secondary N) is 2. The van der Waals surface area contributed by atoms with E-state index in [1.807, 2.05) is 54.6 Å². The molecule has 0 saturated carbocycles. The van der Waals surface area contributed by atoms with Gasteiger partial charge in [-0.05, 0) is 29.8 Å². The number of carbonyl (C=O) groups is 1. The first kappa shape index (κ1) is 13.8. The quantitative estimate of drug-likeness (QED) is 0.907. The summed E-state index contributed by atoms with van der Waals surface area (Å²) in [5, 5.41) is 6.95. The van der Waals surface area contributed by atoms with Gasteiger partial charge in [0, 0.05) is 10.7 Å². The Morgan fingerprint density at radius 1 is 1.14 bits per heavy atom. The van der Waals surface area contributed by atoms with Gasteiger partial charge in [-0.3, -0.25) is 0 Å². The summed E-state index contributed by atoms with van der Waals surface area (Å²) < 4.78 is 5.01. The third-order valence-electron chi connectivity index (χ3n) is 3.42. The van der Waals surface area contributed by atoms with E-state index >= 15 is 0 Å². The first-order valence-corrected chi connectivity index (χ1v) is 7.10. The zero-order valence-electron chi connectivity index (χ0n) is 11.3. The van der Waals surface area contributed by atoms with E-state index in [0.717, 1.165) is 11.3 Å². The Kier molecular flexibility index (Phi) is 3.97. The number of benzene rings is 2. The maximum Gasteiger partial charge on any atom is 0.407 e. The molecule has 0 radical (unpaired) electrons. The predicted molar refractivity (Wildman–Crippen MR) is 82.5 cm³/mol. The first-order valence-electron chi connectivity index (χ1n) is 6.73. The molecule has 2 aromatic carbocycles. The van der Waals surface area contributed by atoms with Crippen molar-refractivity contribution < 1.29 is 9.53 Å². The standard InChI is InChI=1S/C16H15ClN2O2/c17-12-8-6-11(7-9-12)15(14-10-21-16(20)19-14)18-13-4-2-1-3-5-13/h1-9,14-15,18H,10H2,(H,19,20)/t14-,15+/m1/s1. The van der Waals surface area contributed by atoms with Crippen LogP contribution in [0.2, 0.25) is 5.02 Å². The lowest BCUT2D eigenvalue weighted by molar-refractivity contribution is 0.176. The van der Waals surface area contributed by atoms with Crippen molar-refractivity contribution in [1.82, 2.24) is 5.32 Å². The Labute approximate surface area is 128 Å². The van der Waals surface area contributed by atoms with Crippen LogP contribution in [-0.2, 0) is 4.74 Å². The SMILES string of the molecule is O=C1N[C@@H]([C@@H](Nc2ccccc2)c2ccc(Cl)cc2)CO1. The summed E-state index contributed by atoms with van der Waals surface area (Å²) >= 11 is 5.94. The van der Waals surface area contributed by atoms with Crippen molar-refractivity contribution in [2.24, 2.45) is 0 Å². The number of halogens is 1. The highest BCUT2D eigenvalue weighted by Gasteiger charge is 2.31. The number of amides is 1. The Bertz CT molecular complexity index is 616. The second-order valence-electron chi connectivity index (χ2n) is 4.89. The highest BCUT2D eigenvalue weighted by Crippen LogP contribution is 2.26. The molecule has 5 heteroatoms. The molecule has 1 amide bonds. The fourth-order valence-electron chi connectivity index (χ4n) is 2.38. The van der Waals surface area contributed by atoms with Gasteiger partial charge < -0.3 is 15.4 Å². The van der Waals surface area contributed by atoms with E-state index in [-0.39, 0.29) is 18.2 Å². The number of hydrogen-bond donors (Lipinski definition) is 2. The molecule has 1 aliphatic rings. The van der Waals surface area contributed by atoms with Crippen LogP contribution < -0.4 is 10.6 Å². The summed E-state index contributed by atoms with van der Waals surface area (Å²) in [5.74, 6) is 0. The molecule has 0 aliphatic carbocycles. The van der Waals surface area contributed by atoms with Crippen LogP contribution in [-0.4, -0.2) is 18.7 Å². The van der Waals surface area contributed by atoms with Crippen LogP contribution in [0.25, 0.3) is 0 Å². The number of ether oxygens (including phenoxy) is 1. The van der Waals surface area contributed by atoms with E-state index in [4.69, 9.17) is 16.3 Å². The third kappa shape index (κ3) is 3.28. The van der Waals surface area contributed by atoms with E-state index in [0.29, 0.717) is 11.6 Å². The molecule has 21 heavy (non-hydrogen) atoms. The van der Waals surface area contributed by atoms with Gasteiger partial charge in [-0.2, -0.15) is 0 Å². The van der Waals surface area contributed by atoms with Gasteiger partial charge in [0.2, 0.25) is 0 Å². The van der Waals surface area contributed by atoms with Gasteiger partial charge in [0.1, 0.15) is 6.61 Å². The molecule has 108 valence electrons. The third-order valence-corrected chi connectivity index (χ3v) is 3.68. The summed E-state index contributed by atoms with van der Waals surface area (Å²) in [5.41, 5.74) is 2.03. The van der Waals surface area contributed by atoms with Gasteiger partial charge in [0.15, 0.2) is 0 Å². The van der Waals surface area contributed by atoms with Gasteiger partial charge in [-0.1, -0.05) is 41.9 Å². The molecule has 1 heterocycles. The number of rotatable bonds is 4. The monoisotopic (exact) mass is 302 g/mol. The smallest absolute Gasteiger partial charge is 0.407 e. The molecule has 3 rings (SSSR count). The van der Waals surface area contributed by atoms with Crippen molar-refractivity contribution in [2.75, 3.05) is 11.9 Å². The van der Waals surface area contributed by atoms with Crippen molar-refractivity contribution in [3.05, 3.63) is 65.2 Å². The maximum atomic E-state index is 11.3. The minimum absolute atomic E-state index is 0.0869. The summed E-state index contributed by atoms with van der Waals surface area (Å²) in [4.78, 5) is 11.3. The molecule has 0 bridgehead atoms. The second kappa shape index (κ2) is 6.06. The number of anilines is 1. The highest BCUT2D eigenvalue weighted by atomic mass is 35.5. The molecule has 0 aromatic heterocycles. The Morgan fingerprint density at radius 2 is 1.86 bits per heavy atom. The Hall–Kier alpha value is -2.20. The lowest BCUT2D eigenvalue weighted by atomic mass is 9.99. The Balaban J connectivity index is 1.87. The zero-order chi connectivity index (χ0) is 14.7. The van der Waals surface area contributed by atoms with Crippen molar-refractivity contribution in [2.45, 2.75) is 12.1 Å². The van der Waals surface area contributed by atoms with Crippen LogP contribution in [0.3, 0.4) is 0 Å². The molecule has 1 aliphatic heterocycles. The largest absolute Gasteiger partial charge is 0.447 e. The molecule has 1 saturated heterocycles. The van der Waals surface area contributed by atoms with Crippen LogP contribution in [0.15, 0.2) is 54.6 Å². The lowest BCUT2D eigenvalue weighted by Gasteiger charge is -2.25. The fourth-order valence-corrected chi connectivity index (χ4v) is 2.51. The number of hydrogen-bond acceptors (Lipinski definition) is 3. The molecular formula is C16H15ClN2O2. The number of alkyl carbamates (subject to hydrolysis) is 1. The van der Waals surface area contributed by atoms with Crippen molar-refractivity contribution in [3.63, 3.8) is 0 Å². The Morgan fingerprint density at radius 3 is 2.48 bits per heavy atom. The van der Waals surface area contributed by atoms with Crippen LogP contribution in [0.5, 0.6) is 0 Å². The highest BCUT2D eigenvalue weighted by molar-refractivity contribution is 6.30. The average molecular weight is 303 g/mol. The van der Waals surface area contributed by atoms with Gasteiger partial charge in [0.05, 0.1) is 12.1 Å². The summed E-state index contributed by atoms with van der Waals surface area (Å²) in [6.07, 6.45) is -0.381. The van der Waals surface area contributed by atoms with Crippen LogP contribution >= 0.6 is 11.6 Å². The van der Waals surface area contributed by atoms with Crippen molar-refractivity contribution >= 4 is 23.4 Å². The molecule has 1 fully saturated rings. The van der Waals surface area contributed by atoms with Crippen LogP contribution in [0.4, 0.5) is 10.5 Å². The lowest BCUT2D eigenvalue weighted by Crippen LogP contribution is -2.36. The summed E-state index contributed by atoms with van der Waals surface area (Å²) in [6.45, 7) is 0.339. The fraction of sp³-hybridized carbons (Fsp3) is 0.188. The van der Waals surface area contributed by atoms with Gasteiger partial charge in [-0.25, -0.2) is 4.79 Å². The minimum atomic E-state index is -0.381. The second-order valence-corrected chi connectivity index (χ2v) is 5.33. The minimum Gasteiger partial charge on any atom is -0.447 e. The van der Waals surface area contributed by atoms with Crippen LogP contribution in [0, 0.1) is 0 Å². The van der Waals surface area contributed by atoms with E-state index in [2.05, 4.69) is 10.6 Å². The number of para-hydroxylation sites is 1. The molecular weight excluding hydrogens is 288 g/mol. The summed E-state index contributed by atoms with van der Waals surface area (Å²) in [7, 11) is 0. The summed E-state index contributed by atoms with van der Waals surface area (Å²) in [6, 6.07) is 17.2. The predicted octanol–water partition coefficient (Wildman–Crippen LogP) is 3.60. The van der Waals surface area contributed by atoms with Gasteiger partial charge in [-0.15, -0.1) is 0 Å². The average Bonchev–Trinajstić information content (AvgIpc) is 2.93. The topological polar surface area (TPSA) is 50.4 Å². The zero-order valence-corrected chi connectivity index (χ0v) is 12.0. The van der Waals surface area contributed by atoms with Gasteiger partial charge in [0.25, 0.3) is 0 Å². The normalized spacial score (nSPS) is 18.7. The van der Waals surface area contributed by atoms with E-state index < -0.39 is 0 Å². The van der Waals surface area contributed by atoms with Crippen LogP contribution in [0.1, 0.15) is 11.6 Å². The van der Waals surface area contributed by atoms with E-state index in [1.54, 1.807) is 0 Å².